The molecule has 168 valence electrons. The van der Waals surface area contributed by atoms with Gasteiger partial charge in [-0.15, -0.1) is 24.0 Å². The van der Waals surface area contributed by atoms with E-state index in [2.05, 4.69) is 20.9 Å². The lowest BCUT2D eigenvalue weighted by Crippen LogP contribution is -2.39. The van der Waals surface area contributed by atoms with Crippen molar-refractivity contribution >= 4 is 35.8 Å². The van der Waals surface area contributed by atoms with Gasteiger partial charge in [-0.25, -0.2) is 0 Å². The van der Waals surface area contributed by atoms with Crippen molar-refractivity contribution in [1.29, 1.82) is 0 Å². The van der Waals surface area contributed by atoms with Crippen molar-refractivity contribution in [3.8, 4) is 17.2 Å². The minimum Gasteiger partial charge on any atom is -0.492 e. The highest BCUT2D eigenvalue weighted by atomic mass is 127. The highest BCUT2D eigenvalue weighted by Gasteiger charge is 2.13. The van der Waals surface area contributed by atoms with E-state index >= 15 is 0 Å². The highest BCUT2D eigenvalue weighted by Crippen LogP contribution is 2.34. The summed E-state index contributed by atoms with van der Waals surface area (Å²) >= 11 is 0. The van der Waals surface area contributed by atoms with Gasteiger partial charge in [0.15, 0.2) is 17.5 Å². The summed E-state index contributed by atoms with van der Waals surface area (Å²) in [7, 11) is 1.63. The first-order chi connectivity index (χ1) is 14.7. The van der Waals surface area contributed by atoms with Gasteiger partial charge in [-0.3, -0.25) is 9.79 Å². The highest BCUT2D eigenvalue weighted by molar-refractivity contribution is 14.0. The van der Waals surface area contributed by atoms with Crippen LogP contribution in [0.4, 0.5) is 0 Å². The molecule has 8 nitrogen and oxygen atoms in total. The van der Waals surface area contributed by atoms with Gasteiger partial charge in [-0.1, -0.05) is 12.1 Å². The number of hydrogen-bond donors (Lipinski definition) is 3. The lowest BCUT2D eigenvalue weighted by molar-refractivity contribution is 0.0963. The number of rotatable bonds is 9. The topological polar surface area (TPSA) is 93.2 Å². The molecule has 0 unspecified atom stereocenters. The summed E-state index contributed by atoms with van der Waals surface area (Å²) in [6.45, 7) is 4.73. The zero-order valence-corrected chi connectivity index (χ0v) is 20.1. The normalized spacial score (nSPS) is 12.0. The largest absolute Gasteiger partial charge is 0.492 e. The van der Waals surface area contributed by atoms with Crippen LogP contribution in [0.15, 0.2) is 47.5 Å². The third kappa shape index (κ3) is 7.50. The SMILES string of the molecule is CCNC(=NCCc1cccc(C(=O)NC)c1)NCCOc1ccc2c(c1)OCO2.I. The Morgan fingerprint density at radius 2 is 1.97 bits per heavy atom. The fraction of sp³-hybridized carbons (Fsp3) is 0.364. The number of halogens is 1. The Kier molecular flexibility index (Phi) is 10.2. The van der Waals surface area contributed by atoms with E-state index in [1.165, 1.54) is 0 Å². The molecule has 2 aromatic rings. The van der Waals surface area contributed by atoms with Gasteiger partial charge in [0, 0.05) is 31.8 Å². The molecule has 0 saturated carbocycles. The van der Waals surface area contributed by atoms with Gasteiger partial charge in [0.25, 0.3) is 5.91 Å². The van der Waals surface area contributed by atoms with Gasteiger partial charge in [-0.2, -0.15) is 0 Å². The molecule has 2 aromatic carbocycles. The summed E-state index contributed by atoms with van der Waals surface area (Å²) in [6, 6.07) is 13.1. The summed E-state index contributed by atoms with van der Waals surface area (Å²) in [5.74, 6) is 2.82. The number of guanidine groups is 1. The number of nitrogens with zero attached hydrogens (tertiary/aromatic N) is 1. The number of hydrogen-bond acceptors (Lipinski definition) is 5. The fourth-order valence-corrected chi connectivity index (χ4v) is 2.96. The third-order valence-electron chi connectivity index (χ3n) is 4.44. The number of fused-ring (bicyclic) bond motifs is 1. The molecule has 9 heteroatoms. The van der Waals surface area contributed by atoms with Crippen LogP contribution >= 0.6 is 24.0 Å². The van der Waals surface area contributed by atoms with Crippen molar-refractivity contribution in [2.75, 3.05) is 40.1 Å². The fourth-order valence-electron chi connectivity index (χ4n) is 2.96. The van der Waals surface area contributed by atoms with Gasteiger partial charge < -0.3 is 30.2 Å². The molecule has 0 radical (unpaired) electrons. The summed E-state index contributed by atoms with van der Waals surface area (Å²) in [4.78, 5) is 16.4. The van der Waals surface area contributed by atoms with Crippen molar-refractivity contribution in [1.82, 2.24) is 16.0 Å². The molecule has 3 rings (SSSR count). The van der Waals surface area contributed by atoms with Crippen molar-refractivity contribution < 1.29 is 19.0 Å². The van der Waals surface area contributed by atoms with Crippen molar-refractivity contribution in [3.05, 3.63) is 53.6 Å². The van der Waals surface area contributed by atoms with Crippen LogP contribution in [0, 0.1) is 0 Å². The number of benzene rings is 2. The Bertz CT molecular complexity index is 892. The zero-order valence-electron chi connectivity index (χ0n) is 17.8. The van der Waals surface area contributed by atoms with Crippen LogP contribution in [-0.4, -0.2) is 51.9 Å². The molecule has 1 heterocycles. The quantitative estimate of drug-likeness (QED) is 0.196. The number of nitrogens with one attached hydrogen (secondary N) is 3. The predicted molar refractivity (Wildman–Crippen MR) is 131 cm³/mol. The first-order valence-electron chi connectivity index (χ1n) is 10.0. The average molecular weight is 540 g/mol. The Hall–Kier alpha value is -2.69. The van der Waals surface area contributed by atoms with E-state index in [9.17, 15) is 4.79 Å². The second kappa shape index (κ2) is 12.9. The van der Waals surface area contributed by atoms with E-state index in [4.69, 9.17) is 14.2 Å². The standard InChI is InChI=1S/C22H28N4O4.HI/c1-3-24-22(25-10-9-16-5-4-6-17(13-16)21(27)23-2)26-11-12-28-18-7-8-19-20(14-18)30-15-29-19;/h4-8,13-14H,3,9-12,15H2,1-2H3,(H,23,27)(H2,24,25,26);1H. The number of amides is 1. The van der Waals surface area contributed by atoms with Crippen LogP contribution in [0.1, 0.15) is 22.8 Å². The maximum atomic E-state index is 11.8. The molecule has 1 amide bonds. The number of carbonyl (C=O) groups excluding carboxylic acids is 1. The van der Waals surface area contributed by atoms with Crippen LogP contribution in [0.5, 0.6) is 17.2 Å². The molecule has 31 heavy (non-hydrogen) atoms. The van der Waals surface area contributed by atoms with Gasteiger partial charge in [-0.05, 0) is 43.2 Å². The third-order valence-corrected chi connectivity index (χ3v) is 4.44. The number of ether oxygens (including phenoxy) is 3. The van der Waals surface area contributed by atoms with E-state index in [1.807, 2.05) is 43.3 Å². The molecule has 0 aromatic heterocycles. The van der Waals surface area contributed by atoms with Crippen molar-refractivity contribution in [2.24, 2.45) is 4.99 Å². The monoisotopic (exact) mass is 540 g/mol. The maximum Gasteiger partial charge on any atom is 0.251 e. The molecule has 0 spiro atoms. The van der Waals surface area contributed by atoms with Crippen molar-refractivity contribution in [3.63, 3.8) is 0 Å². The van der Waals surface area contributed by atoms with E-state index in [0.717, 1.165) is 36.0 Å². The van der Waals surface area contributed by atoms with Crippen LogP contribution < -0.4 is 30.2 Å². The summed E-state index contributed by atoms with van der Waals surface area (Å²) in [5, 5.41) is 9.13. The average Bonchev–Trinajstić information content (AvgIpc) is 3.24. The van der Waals surface area contributed by atoms with E-state index in [1.54, 1.807) is 13.1 Å². The lowest BCUT2D eigenvalue weighted by atomic mass is 10.1. The molecule has 0 aliphatic carbocycles. The first-order valence-corrected chi connectivity index (χ1v) is 10.0. The van der Waals surface area contributed by atoms with Crippen LogP contribution in [-0.2, 0) is 6.42 Å². The summed E-state index contributed by atoms with van der Waals surface area (Å²) in [6.07, 6.45) is 0.745. The van der Waals surface area contributed by atoms with Gasteiger partial charge in [0.2, 0.25) is 6.79 Å². The van der Waals surface area contributed by atoms with E-state index in [-0.39, 0.29) is 36.7 Å². The maximum absolute atomic E-state index is 11.8. The molecule has 1 aliphatic rings. The number of carbonyl (C=O) groups is 1. The molecule has 0 saturated heterocycles. The smallest absolute Gasteiger partial charge is 0.251 e. The molecule has 0 fully saturated rings. The van der Waals surface area contributed by atoms with E-state index < -0.39 is 0 Å². The Balaban J connectivity index is 0.00000341. The van der Waals surface area contributed by atoms with Crippen LogP contribution in [0.2, 0.25) is 0 Å². The van der Waals surface area contributed by atoms with Crippen LogP contribution in [0.3, 0.4) is 0 Å². The zero-order chi connectivity index (χ0) is 21.2. The molecule has 1 aliphatic heterocycles. The van der Waals surface area contributed by atoms with Gasteiger partial charge >= 0.3 is 0 Å². The summed E-state index contributed by atoms with van der Waals surface area (Å²) < 4.78 is 16.4. The second-order valence-corrected chi connectivity index (χ2v) is 6.58. The Labute approximate surface area is 199 Å². The predicted octanol–water partition coefficient (Wildman–Crippen LogP) is 2.57. The molecule has 0 bridgehead atoms. The molecular weight excluding hydrogens is 511 g/mol. The van der Waals surface area contributed by atoms with Gasteiger partial charge in [0.05, 0.1) is 6.54 Å². The Morgan fingerprint density at radius 1 is 1.13 bits per heavy atom. The molecule has 3 N–H and O–H groups in total. The molecular formula is C22H29IN4O4. The minimum atomic E-state index is -0.0854. The van der Waals surface area contributed by atoms with Crippen molar-refractivity contribution in [2.45, 2.75) is 13.3 Å². The summed E-state index contributed by atoms with van der Waals surface area (Å²) in [5.41, 5.74) is 1.73. The first kappa shape index (κ1) is 24.6. The van der Waals surface area contributed by atoms with Gasteiger partial charge in [0.1, 0.15) is 12.4 Å². The van der Waals surface area contributed by atoms with E-state index in [0.29, 0.717) is 31.0 Å². The Morgan fingerprint density at radius 3 is 2.77 bits per heavy atom. The lowest BCUT2D eigenvalue weighted by Gasteiger charge is -2.12. The number of aliphatic imine (C=N–C) groups is 1. The second-order valence-electron chi connectivity index (χ2n) is 6.58. The molecule has 0 atom stereocenters. The van der Waals surface area contributed by atoms with Crippen LogP contribution in [0.25, 0.3) is 0 Å². The minimum absolute atomic E-state index is 0.